The lowest BCUT2D eigenvalue weighted by molar-refractivity contribution is 0.217. The van der Waals surface area contributed by atoms with Gasteiger partial charge < -0.3 is 10.2 Å². The molecule has 0 atom stereocenters. The SMILES string of the molecule is CNS(=O)(=O)c1ccc(S(=O)(=O)N(CCO)CCO)cc1. The first-order valence-corrected chi connectivity index (χ1v) is 8.97. The van der Waals surface area contributed by atoms with Crippen LogP contribution < -0.4 is 4.72 Å². The van der Waals surface area contributed by atoms with Crippen molar-refractivity contribution < 1.29 is 27.0 Å². The second-order valence-corrected chi connectivity index (χ2v) is 7.85. The molecule has 0 aliphatic carbocycles. The summed E-state index contributed by atoms with van der Waals surface area (Å²) >= 11 is 0. The van der Waals surface area contributed by atoms with Crippen molar-refractivity contribution in [2.24, 2.45) is 0 Å². The van der Waals surface area contributed by atoms with Gasteiger partial charge in [0.2, 0.25) is 20.0 Å². The lowest BCUT2D eigenvalue weighted by Gasteiger charge is -2.20. The summed E-state index contributed by atoms with van der Waals surface area (Å²) in [6, 6.07) is 4.69. The molecule has 120 valence electrons. The fraction of sp³-hybridized carbons (Fsp3) is 0.455. The smallest absolute Gasteiger partial charge is 0.243 e. The van der Waals surface area contributed by atoms with Crippen molar-refractivity contribution in [1.82, 2.24) is 9.03 Å². The average Bonchev–Trinajstić information content (AvgIpc) is 2.47. The molecule has 0 radical (unpaired) electrons. The molecule has 0 heterocycles. The third-order valence-corrected chi connectivity index (χ3v) is 6.08. The van der Waals surface area contributed by atoms with Gasteiger partial charge in [-0.2, -0.15) is 4.31 Å². The monoisotopic (exact) mass is 338 g/mol. The van der Waals surface area contributed by atoms with Crippen LogP contribution >= 0.6 is 0 Å². The van der Waals surface area contributed by atoms with Crippen LogP contribution in [0.1, 0.15) is 0 Å². The fourth-order valence-electron chi connectivity index (χ4n) is 1.63. The molecule has 10 heteroatoms. The Hall–Kier alpha value is -1.04. The number of rotatable bonds is 8. The summed E-state index contributed by atoms with van der Waals surface area (Å²) < 4.78 is 50.7. The summed E-state index contributed by atoms with van der Waals surface area (Å²) in [6.07, 6.45) is 0. The van der Waals surface area contributed by atoms with Gasteiger partial charge in [-0.3, -0.25) is 0 Å². The first-order chi connectivity index (χ1) is 9.79. The number of aliphatic hydroxyl groups is 2. The maximum absolute atomic E-state index is 12.3. The molecule has 1 aromatic rings. The predicted octanol–water partition coefficient (Wildman–Crippen LogP) is -1.43. The van der Waals surface area contributed by atoms with E-state index in [1.807, 2.05) is 0 Å². The molecule has 21 heavy (non-hydrogen) atoms. The van der Waals surface area contributed by atoms with Crippen LogP contribution in [0.5, 0.6) is 0 Å². The van der Waals surface area contributed by atoms with E-state index in [4.69, 9.17) is 10.2 Å². The van der Waals surface area contributed by atoms with Gasteiger partial charge in [0.15, 0.2) is 0 Å². The highest BCUT2D eigenvalue weighted by Gasteiger charge is 2.24. The third-order valence-electron chi connectivity index (χ3n) is 2.74. The first-order valence-electron chi connectivity index (χ1n) is 6.05. The summed E-state index contributed by atoms with van der Waals surface area (Å²) in [6.45, 7) is -1.07. The largest absolute Gasteiger partial charge is 0.395 e. The number of nitrogens with one attached hydrogen (secondary N) is 1. The van der Waals surface area contributed by atoms with E-state index >= 15 is 0 Å². The van der Waals surface area contributed by atoms with Crippen molar-refractivity contribution in [3.05, 3.63) is 24.3 Å². The summed E-state index contributed by atoms with van der Waals surface area (Å²) in [5.74, 6) is 0. The van der Waals surface area contributed by atoms with Crippen LogP contribution in [0, 0.1) is 0 Å². The number of hydrogen-bond acceptors (Lipinski definition) is 6. The van der Waals surface area contributed by atoms with Crippen molar-refractivity contribution in [2.75, 3.05) is 33.4 Å². The first kappa shape index (κ1) is 18.0. The molecule has 0 aromatic heterocycles. The molecule has 1 rings (SSSR count). The van der Waals surface area contributed by atoms with Gasteiger partial charge >= 0.3 is 0 Å². The van der Waals surface area contributed by atoms with E-state index in [9.17, 15) is 16.8 Å². The number of sulfonamides is 2. The summed E-state index contributed by atoms with van der Waals surface area (Å²) in [4.78, 5) is -0.167. The molecular weight excluding hydrogens is 320 g/mol. The minimum Gasteiger partial charge on any atom is -0.395 e. The van der Waals surface area contributed by atoms with E-state index in [0.717, 1.165) is 4.31 Å². The van der Waals surface area contributed by atoms with Gasteiger partial charge in [0.25, 0.3) is 0 Å². The molecule has 0 spiro atoms. The van der Waals surface area contributed by atoms with Crippen molar-refractivity contribution in [2.45, 2.75) is 9.79 Å². The van der Waals surface area contributed by atoms with Crippen molar-refractivity contribution in [3.8, 4) is 0 Å². The molecule has 0 bridgehead atoms. The Kier molecular flexibility index (Phi) is 6.25. The van der Waals surface area contributed by atoms with Gasteiger partial charge in [-0.1, -0.05) is 0 Å². The zero-order valence-electron chi connectivity index (χ0n) is 11.4. The maximum atomic E-state index is 12.3. The molecule has 0 aliphatic heterocycles. The van der Waals surface area contributed by atoms with E-state index in [-0.39, 0.29) is 36.1 Å². The zero-order valence-corrected chi connectivity index (χ0v) is 13.1. The van der Waals surface area contributed by atoms with Gasteiger partial charge in [0, 0.05) is 13.1 Å². The van der Waals surface area contributed by atoms with E-state index in [1.165, 1.54) is 31.3 Å². The van der Waals surface area contributed by atoms with Gasteiger partial charge in [0.05, 0.1) is 23.0 Å². The average molecular weight is 338 g/mol. The number of benzene rings is 1. The Morgan fingerprint density at radius 1 is 0.952 bits per heavy atom. The van der Waals surface area contributed by atoms with Gasteiger partial charge in [-0.15, -0.1) is 0 Å². The molecule has 0 amide bonds. The second-order valence-electron chi connectivity index (χ2n) is 4.03. The van der Waals surface area contributed by atoms with Crippen molar-refractivity contribution >= 4 is 20.0 Å². The summed E-state index contributed by atoms with van der Waals surface area (Å²) in [7, 11) is -6.28. The number of hydrogen-bond donors (Lipinski definition) is 3. The Morgan fingerprint density at radius 2 is 1.38 bits per heavy atom. The zero-order chi connectivity index (χ0) is 16.1. The minimum atomic E-state index is -3.90. The molecule has 0 unspecified atom stereocenters. The van der Waals surface area contributed by atoms with Crippen LogP contribution in [0.4, 0.5) is 0 Å². The second kappa shape index (κ2) is 7.29. The molecule has 0 saturated carbocycles. The van der Waals surface area contributed by atoms with E-state index in [0.29, 0.717) is 0 Å². The van der Waals surface area contributed by atoms with E-state index in [1.54, 1.807) is 0 Å². The van der Waals surface area contributed by atoms with Gasteiger partial charge in [0.1, 0.15) is 0 Å². The maximum Gasteiger partial charge on any atom is 0.243 e. The molecule has 3 N–H and O–H groups in total. The summed E-state index contributed by atoms with van der Waals surface area (Å²) in [5, 5.41) is 17.8. The van der Waals surface area contributed by atoms with Crippen LogP contribution in [-0.2, 0) is 20.0 Å². The van der Waals surface area contributed by atoms with Crippen molar-refractivity contribution in [3.63, 3.8) is 0 Å². The van der Waals surface area contributed by atoms with Gasteiger partial charge in [-0.25, -0.2) is 21.6 Å². The highest BCUT2D eigenvalue weighted by Crippen LogP contribution is 2.18. The van der Waals surface area contributed by atoms with E-state index in [2.05, 4.69) is 4.72 Å². The Balaban J connectivity index is 3.15. The fourth-order valence-corrected chi connectivity index (χ4v) is 3.79. The third kappa shape index (κ3) is 4.22. The molecule has 0 aliphatic rings. The topological polar surface area (TPSA) is 124 Å². The Bertz CT molecular complexity index is 648. The lowest BCUT2D eigenvalue weighted by atomic mass is 10.4. The van der Waals surface area contributed by atoms with E-state index < -0.39 is 20.0 Å². The predicted molar refractivity (Wildman–Crippen MR) is 75.6 cm³/mol. The van der Waals surface area contributed by atoms with Crippen LogP contribution in [0.3, 0.4) is 0 Å². The van der Waals surface area contributed by atoms with Crippen molar-refractivity contribution in [1.29, 1.82) is 0 Å². The quantitative estimate of drug-likeness (QED) is 0.534. The number of nitrogens with zero attached hydrogens (tertiary/aromatic N) is 1. The summed E-state index contributed by atoms with van der Waals surface area (Å²) in [5.41, 5.74) is 0. The highest BCUT2D eigenvalue weighted by molar-refractivity contribution is 7.89. The van der Waals surface area contributed by atoms with Crippen LogP contribution in [0.15, 0.2) is 34.1 Å². The molecule has 1 aromatic carbocycles. The molecule has 0 fully saturated rings. The van der Waals surface area contributed by atoms with Crippen LogP contribution in [-0.4, -0.2) is 64.7 Å². The lowest BCUT2D eigenvalue weighted by Crippen LogP contribution is -2.35. The normalized spacial score (nSPS) is 12.8. The highest BCUT2D eigenvalue weighted by atomic mass is 32.2. The molecule has 8 nitrogen and oxygen atoms in total. The van der Waals surface area contributed by atoms with Crippen LogP contribution in [0.25, 0.3) is 0 Å². The molecule has 0 saturated heterocycles. The Labute approximate surface area is 124 Å². The van der Waals surface area contributed by atoms with Crippen LogP contribution in [0.2, 0.25) is 0 Å². The standard InChI is InChI=1S/C11H18N2O6S2/c1-12-20(16,17)10-2-4-11(5-3-10)21(18,19)13(6-8-14)7-9-15/h2-5,12,14-15H,6-9H2,1H3. The Morgan fingerprint density at radius 3 is 1.76 bits per heavy atom. The van der Waals surface area contributed by atoms with Gasteiger partial charge in [-0.05, 0) is 31.3 Å². The number of aliphatic hydroxyl groups excluding tert-OH is 2. The minimum absolute atomic E-state index is 0.0557. The molecular formula is C11H18N2O6S2.